The molecular formula is C25H33NO3S. The largest absolute Gasteiger partial charge is 0.330 e. The van der Waals surface area contributed by atoms with Crippen molar-refractivity contribution in [2.75, 3.05) is 11.5 Å². The lowest BCUT2D eigenvalue weighted by atomic mass is 9.86. The molecule has 0 aliphatic carbocycles. The van der Waals surface area contributed by atoms with E-state index < -0.39 is 9.84 Å². The van der Waals surface area contributed by atoms with Crippen LogP contribution in [0.3, 0.4) is 0 Å². The van der Waals surface area contributed by atoms with Gasteiger partial charge in [-0.2, -0.15) is 0 Å². The highest BCUT2D eigenvalue weighted by Gasteiger charge is 2.35. The smallest absolute Gasteiger partial charge is 0.254 e. The molecule has 0 aromatic heterocycles. The molecular weight excluding hydrogens is 394 g/mol. The van der Waals surface area contributed by atoms with Crippen molar-refractivity contribution < 1.29 is 13.2 Å². The fraction of sp³-hybridized carbons (Fsp3) is 0.480. The van der Waals surface area contributed by atoms with Gasteiger partial charge in [-0.15, -0.1) is 0 Å². The van der Waals surface area contributed by atoms with Gasteiger partial charge in [0.2, 0.25) is 0 Å². The van der Waals surface area contributed by atoms with Gasteiger partial charge in [0, 0.05) is 18.2 Å². The number of nitrogens with zero attached hydrogens (tertiary/aromatic N) is 1. The zero-order valence-electron chi connectivity index (χ0n) is 18.7. The zero-order chi connectivity index (χ0) is 22.1. The molecule has 1 fully saturated rings. The van der Waals surface area contributed by atoms with Gasteiger partial charge >= 0.3 is 0 Å². The van der Waals surface area contributed by atoms with Crippen LogP contribution in [0.4, 0.5) is 0 Å². The van der Waals surface area contributed by atoms with E-state index >= 15 is 0 Å². The summed E-state index contributed by atoms with van der Waals surface area (Å²) in [5.74, 6) is 0.531. The van der Waals surface area contributed by atoms with Crippen molar-refractivity contribution in [1.82, 2.24) is 4.90 Å². The highest BCUT2D eigenvalue weighted by Crippen LogP contribution is 2.26. The zero-order valence-corrected chi connectivity index (χ0v) is 19.5. The van der Waals surface area contributed by atoms with Crippen molar-refractivity contribution in [3.63, 3.8) is 0 Å². The van der Waals surface area contributed by atoms with Crippen molar-refractivity contribution >= 4 is 15.7 Å². The molecule has 4 nitrogen and oxygen atoms in total. The van der Waals surface area contributed by atoms with Gasteiger partial charge in [-0.05, 0) is 46.6 Å². The molecule has 1 amide bonds. The average Bonchev–Trinajstić information content (AvgIpc) is 3.05. The Morgan fingerprint density at radius 2 is 1.63 bits per heavy atom. The van der Waals surface area contributed by atoms with Gasteiger partial charge in [-0.25, -0.2) is 8.42 Å². The minimum atomic E-state index is -3.09. The molecule has 0 radical (unpaired) electrons. The lowest BCUT2D eigenvalue weighted by Crippen LogP contribution is -2.40. The molecule has 0 saturated carbocycles. The summed E-state index contributed by atoms with van der Waals surface area (Å²) in [6.45, 7) is 11.1. The molecule has 0 spiro atoms. The molecule has 0 bridgehead atoms. The van der Waals surface area contributed by atoms with E-state index in [2.05, 4.69) is 46.8 Å². The summed E-state index contributed by atoms with van der Waals surface area (Å²) in [4.78, 5) is 15.2. The van der Waals surface area contributed by atoms with Crippen molar-refractivity contribution in [1.29, 1.82) is 0 Å². The maximum atomic E-state index is 13.4. The first-order chi connectivity index (χ1) is 14.0. The molecule has 5 heteroatoms. The number of sulfone groups is 1. The quantitative estimate of drug-likeness (QED) is 0.679. The number of carbonyl (C=O) groups is 1. The molecule has 162 valence electrons. The monoisotopic (exact) mass is 427 g/mol. The third-order valence-electron chi connectivity index (χ3n) is 5.91. The molecule has 2 aromatic rings. The van der Waals surface area contributed by atoms with Crippen molar-refractivity contribution in [2.45, 2.75) is 65.0 Å². The molecule has 2 aromatic carbocycles. The molecule has 1 aliphatic heterocycles. The van der Waals surface area contributed by atoms with Crippen LogP contribution in [0.2, 0.25) is 0 Å². The predicted molar refractivity (Wildman–Crippen MR) is 123 cm³/mol. The van der Waals surface area contributed by atoms with Crippen LogP contribution in [0.1, 0.15) is 74.0 Å². The van der Waals surface area contributed by atoms with E-state index in [1.807, 2.05) is 36.4 Å². The number of hydrogen-bond donors (Lipinski definition) is 0. The minimum Gasteiger partial charge on any atom is -0.330 e. The molecule has 0 unspecified atom stereocenters. The van der Waals surface area contributed by atoms with E-state index in [1.165, 1.54) is 11.1 Å². The first kappa shape index (κ1) is 22.5. The molecule has 1 aliphatic rings. The van der Waals surface area contributed by atoms with E-state index in [-0.39, 0.29) is 28.9 Å². The summed E-state index contributed by atoms with van der Waals surface area (Å²) in [5.41, 5.74) is 4.05. The molecule has 3 rings (SSSR count). The van der Waals surface area contributed by atoms with Gasteiger partial charge in [0.1, 0.15) is 0 Å². The molecule has 30 heavy (non-hydrogen) atoms. The molecule has 0 N–H and O–H groups in total. The Bertz CT molecular complexity index is 984. The van der Waals surface area contributed by atoms with Crippen LogP contribution in [0.5, 0.6) is 0 Å². The van der Waals surface area contributed by atoms with Crippen LogP contribution in [-0.2, 0) is 21.8 Å². The normalized spacial score (nSPS) is 18.5. The van der Waals surface area contributed by atoms with Gasteiger partial charge in [0.25, 0.3) is 5.91 Å². The van der Waals surface area contributed by atoms with E-state index in [4.69, 9.17) is 0 Å². The SMILES string of the molecule is CC(C)c1ccc(CN(C(=O)c2ccc(C(C)(C)C)cc2)[C@@H]2CCS(=O)(=O)C2)cc1. The maximum absolute atomic E-state index is 13.4. The third kappa shape index (κ3) is 5.31. The number of amides is 1. The van der Waals surface area contributed by atoms with Crippen molar-refractivity contribution in [3.8, 4) is 0 Å². The average molecular weight is 428 g/mol. The summed E-state index contributed by atoms with van der Waals surface area (Å²) in [6, 6.07) is 15.7. The van der Waals surface area contributed by atoms with Gasteiger partial charge in [0.05, 0.1) is 11.5 Å². The summed E-state index contributed by atoms with van der Waals surface area (Å²) < 4.78 is 24.2. The minimum absolute atomic E-state index is 0.0129. The van der Waals surface area contributed by atoms with E-state index in [1.54, 1.807) is 4.90 Å². The van der Waals surface area contributed by atoms with E-state index in [9.17, 15) is 13.2 Å². The molecule has 1 heterocycles. The Hall–Kier alpha value is -2.14. The standard InChI is InChI=1S/C25H33NO3S/c1-18(2)20-8-6-19(7-9-20)16-26(23-14-15-30(28,29)17-23)24(27)21-10-12-22(13-11-21)25(3,4)5/h6-13,18,23H,14-17H2,1-5H3/t23-/m1/s1. The Morgan fingerprint density at radius 3 is 2.10 bits per heavy atom. The van der Waals surface area contributed by atoms with Crippen LogP contribution in [-0.4, -0.2) is 36.8 Å². The van der Waals surface area contributed by atoms with Gasteiger partial charge in [-0.3, -0.25) is 4.79 Å². The summed E-state index contributed by atoms with van der Waals surface area (Å²) in [7, 11) is -3.09. The van der Waals surface area contributed by atoms with Crippen LogP contribution in [0.15, 0.2) is 48.5 Å². The van der Waals surface area contributed by atoms with Crippen molar-refractivity contribution in [3.05, 3.63) is 70.8 Å². The Kier molecular flexibility index (Phi) is 6.42. The summed E-state index contributed by atoms with van der Waals surface area (Å²) >= 11 is 0. The topological polar surface area (TPSA) is 54.5 Å². The highest BCUT2D eigenvalue weighted by atomic mass is 32.2. The highest BCUT2D eigenvalue weighted by molar-refractivity contribution is 7.91. The molecule has 1 saturated heterocycles. The van der Waals surface area contributed by atoms with Crippen LogP contribution >= 0.6 is 0 Å². The van der Waals surface area contributed by atoms with E-state index in [0.717, 1.165) is 5.56 Å². The Labute approximate surface area is 181 Å². The molecule has 1 atom stereocenters. The first-order valence-electron chi connectivity index (χ1n) is 10.7. The van der Waals surface area contributed by atoms with Gasteiger partial charge in [0.15, 0.2) is 9.84 Å². The number of hydrogen-bond acceptors (Lipinski definition) is 3. The lowest BCUT2D eigenvalue weighted by Gasteiger charge is -2.29. The summed E-state index contributed by atoms with van der Waals surface area (Å²) in [6.07, 6.45) is 0.498. The second-order valence-corrected chi connectivity index (χ2v) is 11.9. The second kappa shape index (κ2) is 8.54. The number of rotatable bonds is 5. The Balaban J connectivity index is 1.88. The Morgan fingerprint density at radius 1 is 1.03 bits per heavy atom. The van der Waals surface area contributed by atoms with Gasteiger partial charge < -0.3 is 4.90 Å². The van der Waals surface area contributed by atoms with Crippen LogP contribution in [0, 0.1) is 0 Å². The van der Waals surface area contributed by atoms with Crippen LogP contribution in [0.25, 0.3) is 0 Å². The van der Waals surface area contributed by atoms with Gasteiger partial charge in [-0.1, -0.05) is 71.0 Å². The third-order valence-corrected chi connectivity index (χ3v) is 7.66. The fourth-order valence-corrected chi connectivity index (χ4v) is 5.60. The lowest BCUT2D eigenvalue weighted by molar-refractivity contribution is 0.0681. The second-order valence-electron chi connectivity index (χ2n) is 9.71. The number of benzene rings is 2. The van der Waals surface area contributed by atoms with Crippen molar-refractivity contribution in [2.24, 2.45) is 0 Å². The predicted octanol–water partition coefficient (Wildman–Crippen LogP) is 4.94. The fourth-order valence-electron chi connectivity index (χ4n) is 3.87. The maximum Gasteiger partial charge on any atom is 0.254 e. The first-order valence-corrected chi connectivity index (χ1v) is 12.5. The van der Waals surface area contributed by atoms with E-state index in [0.29, 0.717) is 24.4 Å². The number of carbonyl (C=O) groups excluding carboxylic acids is 1. The van der Waals surface area contributed by atoms with Crippen LogP contribution < -0.4 is 0 Å². The summed E-state index contributed by atoms with van der Waals surface area (Å²) in [5, 5.41) is 0.